The van der Waals surface area contributed by atoms with Gasteiger partial charge in [0.25, 0.3) is 0 Å². The highest BCUT2D eigenvalue weighted by Gasteiger charge is 2.10. The van der Waals surface area contributed by atoms with E-state index >= 15 is 0 Å². The maximum absolute atomic E-state index is 6.18. The molecule has 0 aliphatic heterocycles. The summed E-state index contributed by atoms with van der Waals surface area (Å²) in [7, 11) is 0. The number of hydrogen-bond donors (Lipinski definition) is 0. The van der Waals surface area contributed by atoms with E-state index in [0.717, 1.165) is 23.7 Å². The fraction of sp³-hybridized carbons (Fsp3) is 0.286. The second-order valence-electron chi connectivity index (χ2n) is 4.62. The lowest BCUT2D eigenvalue weighted by molar-refractivity contribution is 0.371. The van der Waals surface area contributed by atoms with Crippen LogP contribution in [0.5, 0.6) is 0 Å². The van der Waals surface area contributed by atoms with Crippen molar-refractivity contribution in [1.29, 1.82) is 0 Å². The highest BCUT2D eigenvalue weighted by atomic mass is 35.5. The highest BCUT2D eigenvalue weighted by molar-refractivity contribution is 6.38. The minimum atomic E-state index is 0.535. The largest absolute Gasteiger partial charge is 0.340 e. The van der Waals surface area contributed by atoms with Crippen LogP contribution in [0.15, 0.2) is 28.9 Å². The molecule has 2 heterocycles. The summed E-state index contributed by atoms with van der Waals surface area (Å²) in [6, 6.07) is 5.58. The third kappa shape index (κ3) is 2.53. The van der Waals surface area contributed by atoms with Crippen LogP contribution in [0.2, 0.25) is 10.0 Å². The molecule has 0 saturated carbocycles. The van der Waals surface area contributed by atoms with Crippen molar-refractivity contribution in [2.75, 3.05) is 0 Å². The van der Waals surface area contributed by atoms with E-state index in [0.29, 0.717) is 28.3 Å². The van der Waals surface area contributed by atoms with Crippen molar-refractivity contribution in [3.05, 3.63) is 46.2 Å². The Morgan fingerprint density at radius 2 is 2.15 bits per heavy atom. The summed E-state index contributed by atoms with van der Waals surface area (Å²) in [4.78, 5) is 4.36. The number of aromatic nitrogens is 3. The van der Waals surface area contributed by atoms with Crippen molar-refractivity contribution in [3.63, 3.8) is 0 Å². The van der Waals surface area contributed by atoms with Crippen LogP contribution >= 0.6 is 23.2 Å². The molecule has 0 radical (unpaired) electrons. The second-order valence-corrected chi connectivity index (χ2v) is 5.46. The quantitative estimate of drug-likeness (QED) is 0.720. The number of benzene rings is 1. The molecule has 6 heteroatoms. The number of halogens is 2. The molecule has 0 spiro atoms. The number of hydrogen-bond acceptors (Lipinski definition) is 3. The molecule has 0 aliphatic rings. The summed E-state index contributed by atoms with van der Waals surface area (Å²) < 4.78 is 7.19. The first-order chi connectivity index (χ1) is 9.67. The fourth-order valence-corrected chi connectivity index (χ4v) is 2.72. The first-order valence-electron chi connectivity index (χ1n) is 6.42. The predicted molar refractivity (Wildman–Crippen MR) is 79.4 cm³/mol. The molecule has 0 unspecified atom stereocenters. The predicted octanol–water partition coefficient (Wildman–Crippen LogP) is 4.33. The standard InChI is InChI=1S/C14H13Cl2N3O/c1-2-3-14-17-13(18-20-14)8-19-5-4-10-11(16)6-9(15)7-12(10)19/h4-7H,2-3,8H2,1H3. The lowest BCUT2D eigenvalue weighted by atomic mass is 10.2. The Morgan fingerprint density at radius 1 is 1.30 bits per heavy atom. The van der Waals surface area contributed by atoms with Gasteiger partial charge < -0.3 is 9.09 Å². The summed E-state index contributed by atoms with van der Waals surface area (Å²) in [6.45, 7) is 2.61. The zero-order valence-electron chi connectivity index (χ0n) is 10.9. The van der Waals surface area contributed by atoms with Gasteiger partial charge >= 0.3 is 0 Å². The molecule has 0 atom stereocenters. The molecule has 1 aromatic carbocycles. The Balaban J connectivity index is 1.94. The van der Waals surface area contributed by atoms with Gasteiger partial charge in [0.05, 0.1) is 17.1 Å². The molecule has 2 aromatic heterocycles. The van der Waals surface area contributed by atoms with E-state index in [9.17, 15) is 0 Å². The van der Waals surface area contributed by atoms with Crippen LogP contribution in [0.4, 0.5) is 0 Å². The molecule has 4 nitrogen and oxygen atoms in total. The molecule has 3 aromatic rings. The molecule has 0 aliphatic carbocycles. The first kappa shape index (κ1) is 13.5. The number of fused-ring (bicyclic) bond motifs is 1. The maximum Gasteiger partial charge on any atom is 0.226 e. The average molecular weight is 310 g/mol. The van der Waals surface area contributed by atoms with Gasteiger partial charge in [0.1, 0.15) is 0 Å². The second kappa shape index (κ2) is 5.46. The van der Waals surface area contributed by atoms with Crippen LogP contribution < -0.4 is 0 Å². The molecule has 0 fully saturated rings. The van der Waals surface area contributed by atoms with Crippen molar-refractivity contribution >= 4 is 34.1 Å². The lowest BCUT2D eigenvalue weighted by Gasteiger charge is -2.03. The Kier molecular flexibility index (Phi) is 3.68. The molecule has 0 amide bonds. The van der Waals surface area contributed by atoms with E-state index in [1.165, 1.54) is 0 Å². The van der Waals surface area contributed by atoms with Gasteiger partial charge in [0, 0.05) is 23.0 Å². The van der Waals surface area contributed by atoms with Crippen molar-refractivity contribution in [3.8, 4) is 0 Å². The summed E-state index contributed by atoms with van der Waals surface area (Å²) in [5.74, 6) is 1.33. The van der Waals surface area contributed by atoms with E-state index in [-0.39, 0.29) is 0 Å². The molecule has 0 N–H and O–H groups in total. The van der Waals surface area contributed by atoms with Gasteiger partial charge in [0.2, 0.25) is 5.89 Å². The van der Waals surface area contributed by atoms with Crippen LogP contribution in [0.1, 0.15) is 25.1 Å². The molecular weight excluding hydrogens is 297 g/mol. The summed E-state index contributed by atoms with van der Waals surface area (Å²) in [5, 5.41) is 6.21. The minimum absolute atomic E-state index is 0.535. The van der Waals surface area contributed by atoms with Crippen molar-refractivity contribution < 1.29 is 4.52 Å². The summed E-state index contributed by atoms with van der Waals surface area (Å²) >= 11 is 12.2. The average Bonchev–Trinajstić information content (AvgIpc) is 2.99. The Labute approximate surface area is 126 Å². The zero-order chi connectivity index (χ0) is 14.1. The fourth-order valence-electron chi connectivity index (χ4n) is 2.18. The Bertz CT molecular complexity index is 748. The van der Waals surface area contributed by atoms with Gasteiger partial charge in [-0.15, -0.1) is 0 Å². The van der Waals surface area contributed by atoms with Gasteiger partial charge in [0.15, 0.2) is 5.82 Å². The van der Waals surface area contributed by atoms with Gasteiger partial charge in [-0.2, -0.15) is 4.98 Å². The Hall–Kier alpha value is -1.52. The Morgan fingerprint density at radius 3 is 2.95 bits per heavy atom. The third-order valence-corrected chi connectivity index (χ3v) is 3.62. The lowest BCUT2D eigenvalue weighted by Crippen LogP contribution is -2.00. The van der Waals surface area contributed by atoms with Gasteiger partial charge in [-0.05, 0) is 24.6 Å². The van der Waals surface area contributed by atoms with Crippen LogP contribution in [0, 0.1) is 0 Å². The number of rotatable bonds is 4. The van der Waals surface area contributed by atoms with Crippen LogP contribution in [-0.2, 0) is 13.0 Å². The smallest absolute Gasteiger partial charge is 0.226 e. The number of nitrogens with zero attached hydrogens (tertiary/aromatic N) is 3. The number of aryl methyl sites for hydroxylation is 1. The molecule has 104 valence electrons. The SMILES string of the molecule is CCCc1nc(Cn2ccc3c(Cl)cc(Cl)cc32)no1. The van der Waals surface area contributed by atoms with Crippen LogP contribution in [0.25, 0.3) is 10.9 Å². The molecule has 3 rings (SSSR count). The minimum Gasteiger partial charge on any atom is -0.340 e. The topological polar surface area (TPSA) is 43.9 Å². The normalized spacial score (nSPS) is 11.3. The van der Waals surface area contributed by atoms with E-state index in [2.05, 4.69) is 17.1 Å². The van der Waals surface area contributed by atoms with Crippen molar-refractivity contribution in [2.45, 2.75) is 26.3 Å². The first-order valence-corrected chi connectivity index (χ1v) is 7.18. The summed E-state index contributed by atoms with van der Waals surface area (Å²) in [6.07, 6.45) is 3.74. The van der Waals surface area contributed by atoms with E-state index < -0.39 is 0 Å². The molecular formula is C14H13Cl2N3O. The molecule has 0 bridgehead atoms. The van der Waals surface area contributed by atoms with Crippen LogP contribution in [-0.4, -0.2) is 14.7 Å². The van der Waals surface area contributed by atoms with Gasteiger partial charge in [-0.3, -0.25) is 0 Å². The van der Waals surface area contributed by atoms with Crippen molar-refractivity contribution in [1.82, 2.24) is 14.7 Å². The van der Waals surface area contributed by atoms with Crippen molar-refractivity contribution in [2.24, 2.45) is 0 Å². The van der Waals surface area contributed by atoms with Gasteiger partial charge in [-0.25, -0.2) is 0 Å². The van der Waals surface area contributed by atoms with Crippen LogP contribution in [0.3, 0.4) is 0 Å². The zero-order valence-corrected chi connectivity index (χ0v) is 12.4. The summed E-state index contributed by atoms with van der Waals surface area (Å²) in [5.41, 5.74) is 0.962. The van der Waals surface area contributed by atoms with E-state index in [1.807, 2.05) is 22.9 Å². The maximum atomic E-state index is 6.18. The van der Waals surface area contributed by atoms with E-state index in [1.54, 1.807) is 6.07 Å². The third-order valence-electron chi connectivity index (χ3n) is 3.09. The van der Waals surface area contributed by atoms with E-state index in [4.69, 9.17) is 27.7 Å². The highest BCUT2D eigenvalue weighted by Crippen LogP contribution is 2.29. The molecule has 0 saturated heterocycles. The molecule has 20 heavy (non-hydrogen) atoms. The monoisotopic (exact) mass is 309 g/mol. The van der Waals surface area contributed by atoms with Gasteiger partial charge in [-0.1, -0.05) is 35.3 Å².